The molecule has 2 saturated heterocycles. The van der Waals surface area contributed by atoms with E-state index in [0.717, 1.165) is 45.7 Å². The topological polar surface area (TPSA) is 35.6 Å². The fraction of sp³-hybridized carbons (Fsp3) is 0.611. The van der Waals surface area contributed by atoms with Gasteiger partial charge in [0.1, 0.15) is 0 Å². The Morgan fingerprint density at radius 3 is 2.41 bits per heavy atom. The lowest BCUT2D eigenvalue weighted by molar-refractivity contribution is -0.133. The molecule has 1 saturated carbocycles. The molecule has 22 heavy (non-hydrogen) atoms. The average molecular weight is 299 g/mol. The van der Waals surface area contributed by atoms with Crippen LogP contribution in [0.5, 0.6) is 0 Å². The number of hydrogen-bond acceptors (Lipinski definition) is 3. The van der Waals surface area contributed by atoms with Crippen LogP contribution in [0.1, 0.15) is 19.3 Å². The van der Waals surface area contributed by atoms with Gasteiger partial charge in [-0.2, -0.15) is 0 Å². The number of piperazine rings is 1. The summed E-state index contributed by atoms with van der Waals surface area (Å²) in [6.45, 7) is 5.84. The molecule has 1 unspecified atom stereocenters. The van der Waals surface area contributed by atoms with Gasteiger partial charge in [0.05, 0.1) is 0 Å². The van der Waals surface area contributed by atoms with Gasteiger partial charge in [0.15, 0.2) is 0 Å². The third-order valence-corrected chi connectivity index (χ3v) is 5.80. The molecule has 118 valence electrons. The molecule has 1 aromatic rings. The van der Waals surface area contributed by atoms with Crippen molar-refractivity contribution in [2.45, 2.75) is 19.3 Å². The number of hydrogen-bond donors (Lipinski definition) is 1. The van der Waals surface area contributed by atoms with Crippen molar-refractivity contribution in [3.05, 3.63) is 30.3 Å². The molecule has 1 amide bonds. The standard InChI is InChI=1S/C18H25N3O/c22-17(16-14-18(16)6-8-19-9-7-18)21-12-10-20(11-13-21)15-4-2-1-3-5-15/h1-5,16,19H,6-14H2. The highest BCUT2D eigenvalue weighted by atomic mass is 16.2. The Bertz CT molecular complexity index is 531. The first-order chi connectivity index (χ1) is 10.8. The molecular formula is C18H25N3O. The summed E-state index contributed by atoms with van der Waals surface area (Å²) in [5.74, 6) is 0.743. The fourth-order valence-corrected chi connectivity index (χ4v) is 4.22. The zero-order valence-corrected chi connectivity index (χ0v) is 13.1. The van der Waals surface area contributed by atoms with E-state index in [4.69, 9.17) is 0 Å². The molecule has 1 N–H and O–H groups in total. The summed E-state index contributed by atoms with van der Waals surface area (Å²) in [4.78, 5) is 17.3. The van der Waals surface area contributed by atoms with Gasteiger partial charge in [-0.1, -0.05) is 18.2 Å². The molecule has 2 heterocycles. The molecule has 1 aliphatic carbocycles. The summed E-state index contributed by atoms with van der Waals surface area (Å²) in [6.07, 6.45) is 3.51. The number of rotatable bonds is 2. The van der Waals surface area contributed by atoms with Crippen LogP contribution >= 0.6 is 0 Å². The van der Waals surface area contributed by atoms with Gasteiger partial charge in [-0.05, 0) is 49.9 Å². The Morgan fingerprint density at radius 1 is 1.05 bits per heavy atom. The highest BCUT2D eigenvalue weighted by molar-refractivity contribution is 5.83. The summed E-state index contributed by atoms with van der Waals surface area (Å²) in [5, 5.41) is 3.41. The highest BCUT2D eigenvalue weighted by Crippen LogP contribution is 2.59. The van der Waals surface area contributed by atoms with Crippen LogP contribution in [-0.2, 0) is 4.79 Å². The Labute approximate surface area is 132 Å². The molecule has 4 nitrogen and oxygen atoms in total. The monoisotopic (exact) mass is 299 g/mol. The van der Waals surface area contributed by atoms with Crippen LogP contribution in [-0.4, -0.2) is 50.1 Å². The predicted octanol–water partition coefficient (Wildman–Crippen LogP) is 1.72. The molecule has 1 atom stereocenters. The number of piperidine rings is 1. The summed E-state index contributed by atoms with van der Waals surface area (Å²) < 4.78 is 0. The van der Waals surface area contributed by atoms with Crippen molar-refractivity contribution in [2.75, 3.05) is 44.2 Å². The number of carbonyl (C=O) groups is 1. The zero-order chi connectivity index (χ0) is 15.0. The minimum absolute atomic E-state index is 0.317. The summed E-state index contributed by atoms with van der Waals surface area (Å²) >= 11 is 0. The van der Waals surface area contributed by atoms with Gasteiger partial charge in [-0.3, -0.25) is 4.79 Å². The van der Waals surface area contributed by atoms with E-state index in [1.54, 1.807) is 0 Å². The lowest BCUT2D eigenvalue weighted by atomic mass is 9.91. The molecule has 4 heteroatoms. The van der Waals surface area contributed by atoms with Crippen LogP contribution < -0.4 is 10.2 Å². The Balaban J connectivity index is 1.33. The van der Waals surface area contributed by atoms with Crippen LogP contribution in [0.25, 0.3) is 0 Å². The van der Waals surface area contributed by atoms with Gasteiger partial charge in [0.2, 0.25) is 5.91 Å². The second-order valence-corrected chi connectivity index (χ2v) is 7.02. The molecule has 0 aromatic heterocycles. The van der Waals surface area contributed by atoms with Gasteiger partial charge in [-0.25, -0.2) is 0 Å². The van der Waals surface area contributed by atoms with E-state index in [1.807, 2.05) is 0 Å². The number of para-hydroxylation sites is 1. The molecular weight excluding hydrogens is 274 g/mol. The number of carbonyl (C=O) groups excluding carboxylic acids is 1. The highest BCUT2D eigenvalue weighted by Gasteiger charge is 2.58. The van der Waals surface area contributed by atoms with Crippen LogP contribution in [0, 0.1) is 11.3 Å². The average Bonchev–Trinajstić information content (AvgIpc) is 3.29. The van der Waals surface area contributed by atoms with E-state index in [0.29, 0.717) is 17.2 Å². The predicted molar refractivity (Wildman–Crippen MR) is 87.9 cm³/mol. The van der Waals surface area contributed by atoms with Gasteiger partial charge in [-0.15, -0.1) is 0 Å². The lowest BCUT2D eigenvalue weighted by Crippen LogP contribution is -2.49. The van der Waals surface area contributed by atoms with E-state index in [9.17, 15) is 4.79 Å². The first kappa shape index (κ1) is 14.1. The maximum absolute atomic E-state index is 12.8. The van der Waals surface area contributed by atoms with Crippen LogP contribution in [0.15, 0.2) is 30.3 Å². The Hall–Kier alpha value is -1.55. The second-order valence-electron chi connectivity index (χ2n) is 7.02. The number of benzene rings is 1. The van der Waals surface area contributed by atoms with Gasteiger partial charge < -0.3 is 15.1 Å². The number of amides is 1. The lowest BCUT2D eigenvalue weighted by Gasteiger charge is -2.37. The normalized spacial score (nSPS) is 27.0. The van der Waals surface area contributed by atoms with E-state index in [1.165, 1.54) is 18.5 Å². The van der Waals surface area contributed by atoms with E-state index >= 15 is 0 Å². The molecule has 2 aliphatic heterocycles. The molecule has 3 aliphatic rings. The maximum atomic E-state index is 12.8. The first-order valence-electron chi connectivity index (χ1n) is 8.58. The molecule has 0 bridgehead atoms. The van der Waals surface area contributed by atoms with Crippen molar-refractivity contribution in [1.82, 2.24) is 10.2 Å². The van der Waals surface area contributed by atoms with Crippen molar-refractivity contribution in [1.29, 1.82) is 0 Å². The first-order valence-corrected chi connectivity index (χ1v) is 8.58. The van der Waals surface area contributed by atoms with Crippen LogP contribution in [0.3, 0.4) is 0 Å². The maximum Gasteiger partial charge on any atom is 0.226 e. The van der Waals surface area contributed by atoms with Crippen molar-refractivity contribution >= 4 is 11.6 Å². The van der Waals surface area contributed by atoms with Gasteiger partial charge in [0, 0.05) is 37.8 Å². The van der Waals surface area contributed by atoms with Gasteiger partial charge >= 0.3 is 0 Å². The SMILES string of the molecule is O=C(C1CC12CCNCC2)N1CCN(c2ccccc2)CC1. The molecule has 4 rings (SSSR count). The van der Waals surface area contributed by atoms with Crippen LogP contribution in [0.2, 0.25) is 0 Å². The van der Waals surface area contributed by atoms with E-state index < -0.39 is 0 Å². The quantitative estimate of drug-likeness (QED) is 0.903. The van der Waals surface area contributed by atoms with Crippen molar-refractivity contribution < 1.29 is 4.79 Å². The molecule has 1 aromatic carbocycles. The van der Waals surface area contributed by atoms with Crippen molar-refractivity contribution in [3.8, 4) is 0 Å². The molecule has 3 fully saturated rings. The Morgan fingerprint density at radius 2 is 1.73 bits per heavy atom. The largest absolute Gasteiger partial charge is 0.368 e. The molecule has 0 radical (unpaired) electrons. The second kappa shape index (κ2) is 5.58. The van der Waals surface area contributed by atoms with Crippen molar-refractivity contribution in [3.63, 3.8) is 0 Å². The van der Waals surface area contributed by atoms with Gasteiger partial charge in [0.25, 0.3) is 0 Å². The minimum Gasteiger partial charge on any atom is -0.368 e. The number of nitrogens with zero attached hydrogens (tertiary/aromatic N) is 2. The van der Waals surface area contributed by atoms with E-state index in [2.05, 4.69) is 45.4 Å². The van der Waals surface area contributed by atoms with E-state index in [-0.39, 0.29) is 0 Å². The number of nitrogens with one attached hydrogen (secondary N) is 1. The minimum atomic E-state index is 0.317. The Kier molecular flexibility index (Phi) is 3.57. The third-order valence-electron chi connectivity index (χ3n) is 5.80. The summed E-state index contributed by atoms with van der Waals surface area (Å²) in [7, 11) is 0. The molecule has 1 spiro atoms. The van der Waals surface area contributed by atoms with Crippen molar-refractivity contribution in [2.24, 2.45) is 11.3 Å². The third kappa shape index (κ3) is 2.50. The van der Waals surface area contributed by atoms with Crippen LogP contribution in [0.4, 0.5) is 5.69 Å². The zero-order valence-electron chi connectivity index (χ0n) is 13.1. The number of anilines is 1. The smallest absolute Gasteiger partial charge is 0.226 e. The fourth-order valence-electron chi connectivity index (χ4n) is 4.22. The summed E-state index contributed by atoms with van der Waals surface area (Å²) in [6, 6.07) is 10.5. The summed E-state index contributed by atoms with van der Waals surface area (Å²) in [5.41, 5.74) is 1.63.